The summed E-state index contributed by atoms with van der Waals surface area (Å²) in [5.74, 6) is 0. The SMILES string of the molecule is CCCCCCCCCCCCCCCCCC1N(CCCCCCCCCCCCCCCC)CCN1CCCCCCCCCCCCCCCC.Cl. The summed E-state index contributed by atoms with van der Waals surface area (Å²) >= 11 is 0. The van der Waals surface area contributed by atoms with E-state index in [0.29, 0.717) is 0 Å². The Morgan fingerprint density at radius 3 is 0.655 bits per heavy atom. The maximum Gasteiger partial charge on any atom is 0.0623 e. The van der Waals surface area contributed by atoms with Crippen LogP contribution in [0.15, 0.2) is 0 Å². The van der Waals surface area contributed by atoms with Gasteiger partial charge in [0.1, 0.15) is 0 Å². The number of hydrogen-bond donors (Lipinski definition) is 0. The second-order valence-electron chi connectivity index (χ2n) is 18.5. The first-order valence-electron chi connectivity index (χ1n) is 26.3. The van der Waals surface area contributed by atoms with E-state index >= 15 is 0 Å². The van der Waals surface area contributed by atoms with Crippen LogP contribution in [0.2, 0.25) is 0 Å². The molecule has 0 amide bonds. The van der Waals surface area contributed by atoms with Gasteiger partial charge in [0.2, 0.25) is 0 Å². The van der Waals surface area contributed by atoms with Gasteiger partial charge in [-0.1, -0.05) is 284 Å². The van der Waals surface area contributed by atoms with Crippen LogP contribution < -0.4 is 0 Å². The molecule has 0 N–H and O–H groups in total. The molecule has 0 bridgehead atoms. The summed E-state index contributed by atoms with van der Waals surface area (Å²) in [5.41, 5.74) is 0. The van der Waals surface area contributed by atoms with Gasteiger partial charge in [-0.2, -0.15) is 0 Å². The zero-order chi connectivity index (χ0) is 38.7. The normalized spacial score (nSPS) is 14.0. The molecule has 1 aliphatic heterocycles. The van der Waals surface area contributed by atoms with E-state index in [9.17, 15) is 0 Å². The summed E-state index contributed by atoms with van der Waals surface area (Å²) in [7, 11) is 0. The highest BCUT2D eigenvalue weighted by molar-refractivity contribution is 5.85. The quantitative estimate of drug-likeness (QED) is 0.0566. The fourth-order valence-corrected chi connectivity index (χ4v) is 9.39. The van der Waals surface area contributed by atoms with Gasteiger partial charge in [-0.15, -0.1) is 12.4 Å². The summed E-state index contributed by atoms with van der Waals surface area (Å²) in [6.45, 7) is 12.3. The van der Waals surface area contributed by atoms with E-state index in [1.807, 2.05) is 0 Å². The number of nitrogens with zero attached hydrogens (tertiary/aromatic N) is 2. The molecule has 1 heterocycles. The van der Waals surface area contributed by atoms with E-state index in [-0.39, 0.29) is 12.4 Å². The Balaban J connectivity index is 0.0000292. The van der Waals surface area contributed by atoms with Crippen molar-refractivity contribution in [3.05, 3.63) is 0 Å². The molecule has 1 saturated heterocycles. The van der Waals surface area contributed by atoms with Crippen molar-refractivity contribution in [2.45, 2.75) is 309 Å². The molecule has 332 valence electrons. The van der Waals surface area contributed by atoms with Crippen LogP contribution in [0, 0.1) is 0 Å². The van der Waals surface area contributed by atoms with Crippen molar-refractivity contribution in [3.8, 4) is 0 Å². The Morgan fingerprint density at radius 2 is 0.436 bits per heavy atom. The van der Waals surface area contributed by atoms with Crippen LogP contribution in [0.4, 0.5) is 0 Å². The van der Waals surface area contributed by atoms with Crippen molar-refractivity contribution in [2.75, 3.05) is 26.2 Å². The van der Waals surface area contributed by atoms with Crippen molar-refractivity contribution < 1.29 is 0 Å². The minimum atomic E-state index is 0. The maximum absolute atomic E-state index is 2.92. The largest absolute Gasteiger partial charge is 0.287 e. The first-order chi connectivity index (χ1) is 26.8. The van der Waals surface area contributed by atoms with E-state index in [1.165, 1.54) is 309 Å². The first kappa shape index (κ1) is 55.2. The molecule has 0 radical (unpaired) electrons. The Labute approximate surface area is 356 Å². The van der Waals surface area contributed by atoms with E-state index in [4.69, 9.17) is 0 Å². The molecule has 0 aromatic carbocycles. The Hall–Kier alpha value is 0.210. The van der Waals surface area contributed by atoms with Crippen LogP contribution in [-0.2, 0) is 0 Å². The van der Waals surface area contributed by atoms with Crippen LogP contribution in [-0.4, -0.2) is 42.1 Å². The Kier molecular flexibility index (Phi) is 47.1. The van der Waals surface area contributed by atoms with Gasteiger partial charge in [-0.3, -0.25) is 9.80 Å². The molecule has 3 heteroatoms. The van der Waals surface area contributed by atoms with Crippen LogP contribution >= 0.6 is 12.4 Å². The first-order valence-corrected chi connectivity index (χ1v) is 26.3. The third kappa shape index (κ3) is 38.2. The molecule has 0 aliphatic carbocycles. The van der Waals surface area contributed by atoms with Crippen molar-refractivity contribution in [3.63, 3.8) is 0 Å². The summed E-state index contributed by atoms with van der Waals surface area (Å²) in [6, 6.07) is 0. The van der Waals surface area contributed by atoms with Crippen LogP contribution in [0.1, 0.15) is 303 Å². The minimum absolute atomic E-state index is 0. The van der Waals surface area contributed by atoms with E-state index in [1.54, 1.807) is 0 Å². The molecule has 55 heavy (non-hydrogen) atoms. The van der Waals surface area contributed by atoms with Crippen molar-refractivity contribution >= 4 is 12.4 Å². The van der Waals surface area contributed by atoms with Gasteiger partial charge in [-0.25, -0.2) is 0 Å². The zero-order valence-corrected chi connectivity index (χ0v) is 39.6. The molecule has 0 spiro atoms. The summed E-state index contributed by atoms with van der Waals surface area (Å²) in [6.07, 6.45) is 65.1. The molecular weight excluding hydrogens is 688 g/mol. The Bertz CT molecular complexity index is 645. The monoisotopic (exact) mass is 795 g/mol. The molecule has 1 rings (SSSR count). The predicted octanol–water partition coefficient (Wildman–Crippen LogP) is 18.6. The lowest BCUT2D eigenvalue weighted by Crippen LogP contribution is -2.39. The highest BCUT2D eigenvalue weighted by Gasteiger charge is 2.30. The van der Waals surface area contributed by atoms with E-state index < -0.39 is 0 Å². The number of halogens is 1. The van der Waals surface area contributed by atoms with Gasteiger partial charge < -0.3 is 0 Å². The third-order valence-corrected chi connectivity index (χ3v) is 13.2. The minimum Gasteiger partial charge on any atom is -0.287 e. The predicted molar refractivity (Wildman–Crippen MR) is 254 cm³/mol. The zero-order valence-electron chi connectivity index (χ0n) is 38.8. The second-order valence-corrected chi connectivity index (χ2v) is 18.5. The molecule has 2 nitrogen and oxygen atoms in total. The van der Waals surface area contributed by atoms with Crippen LogP contribution in [0.5, 0.6) is 0 Å². The molecule has 0 unspecified atom stereocenters. The number of rotatable bonds is 46. The number of hydrogen-bond acceptors (Lipinski definition) is 2. The highest BCUT2D eigenvalue weighted by atomic mass is 35.5. The molecule has 1 fully saturated rings. The highest BCUT2D eigenvalue weighted by Crippen LogP contribution is 2.24. The second kappa shape index (κ2) is 46.9. The smallest absolute Gasteiger partial charge is 0.0623 e. The van der Waals surface area contributed by atoms with Crippen molar-refractivity contribution in [1.82, 2.24) is 9.80 Å². The fraction of sp³-hybridized carbons (Fsp3) is 1.00. The van der Waals surface area contributed by atoms with Gasteiger partial charge in [0.15, 0.2) is 0 Å². The number of unbranched alkanes of at least 4 members (excludes halogenated alkanes) is 40. The van der Waals surface area contributed by atoms with Crippen LogP contribution in [0.25, 0.3) is 0 Å². The van der Waals surface area contributed by atoms with E-state index in [2.05, 4.69) is 30.6 Å². The molecule has 0 aromatic rings. The van der Waals surface area contributed by atoms with Gasteiger partial charge in [0.05, 0.1) is 6.17 Å². The van der Waals surface area contributed by atoms with Crippen LogP contribution in [0.3, 0.4) is 0 Å². The molecule has 0 atom stereocenters. The lowest BCUT2D eigenvalue weighted by Gasteiger charge is -2.30. The molecular formula is C52H107ClN2. The standard InChI is InChI=1S/C52H106N2.ClH/c1-4-7-10-13-16-19-22-25-28-29-32-35-38-41-44-47-52-53(48-45-42-39-36-33-30-26-23-20-17-14-11-8-5-2)50-51-54(52)49-46-43-40-37-34-31-27-24-21-18-15-12-9-6-3;/h52H,4-51H2,1-3H3;1H. The average Bonchev–Trinajstić information content (AvgIpc) is 3.57. The molecule has 1 aliphatic rings. The average molecular weight is 796 g/mol. The maximum atomic E-state index is 2.92. The van der Waals surface area contributed by atoms with Crippen molar-refractivity contribution in [1.29, 1.82) is 0 Å². The molecule has 0 saturated carbocycles. The van der Waals surface area contributed by atoms with Gasteiger partial charge in [-0.05, 0) is 32.4 Å². The van der Waals surface area contributed by atoms with Gasteiger partial charge >= 0.3 is 0 Å². The van der Waals surface area contributed by atoms with Gasteiger partial charge in [0.25, 0.3) is 0 Å². The third-order valence-electron chi connectivity index (χ3n) is 13.2. The van der Waals surface area contributed by atoms with Gasteiger partial charge in [0, 0.05) is 13.1 Å². The lowest BCUT2D eigenvalue weighted by molar-refractivity contribution is 0.120. The van der Waals surface area contributed by atoms with Crippen molar-refractivity contribution in [2.24, 2.45) is 0 Å². The summed E-state index contributed by atoms with van der Waals surface area (Å²) < 4.78 is 0. The fourth-order valence-electron chi connectivity index (χ4n) is 9.39. The summed E-state index contributed by atoms with van der Waals surface area (Å²) in [4.78, 5) is 5.85. The molecule has 0 aromatic heterocycles. The Morgan fingerprint density at radius 1 is 0.255 bits per heavy atom. The lowest BCUT2D eigenvalue weighted by atomic mass is 10.0. The summed E-state index contributed by atoms with van der Waals surface area (Å²) in [5, 5.41) is 0. The van der Waals surface area contributed by atoms with E-state index in [0.717, 1.165) is 6.17 Å². The topological polar surface area (TPSA) is 6.48 Å².